The number of hydrogen-bond donors (Lipinski definition) is 2. The normalized spacial score (nSPS) is 23.7. The molecule has 4 rings (SSSR count). The molecular weight excluding hydrogens is 292 g/mol. The summed E-state index contributed by atoms with van der Waals surface area (Å²) in [7, 11) is 0. The second-order valence-electron chi connectivity index (χ2n) is 6.51. The smallest absolute Gasteiger partial charge is 0.320 e. The third-order valence-corrected chi connectivity index (χ3v) is 4.62. The van der Waals surface area contributed by atoms with E-state index in [0.717, 1.165) is 29.2 Å². The molecule has 2 N–H and O–H groups in total. The summed E-state index contributed by atoms with van der Waals surface area (Å²) in [5.41, 5.74) is 1.85. The first kappa shape index (κ1) is 14.0. The number of carbonyl (C=O) groups excluding carboxylic acids is 2. The van der Waals surface area contributed by atoms with E-state index in [1.165, 1.54) is 12.8 Å². The van der Waals surface area contributed by atoms with Crippen molar-refractivity contribution in [3.63, 3.8) is 0 Å². The molecule has 3 amide bonds. The summed E-state index contributed by atoms with van der Waals surface area (Å²) in [6.07, 6.45) is 6.52. The van der Waals surface area contributed by atoms with Crippen LogP contribution in [0.5, 0.6) is 0 Å². The van der Waals surface area contributed by atoms with Gasteiger partial charge in [-0.1, -0.05) is 24.3 Å². The summed E-state index contributed by atoms with van der Waals surface area (Å²) in [5.74, 6) is 0.460. The lowest BCUT2D eigenvalue weighted by Crippen LogP contribution is -2.40. The summed E-state index contributed by atoms with van der Waals surface area (Å²) in [6.45, 7) is 2.69. The van der Waals surface area contributed by atoms with Gasteiger partial charge in [0.25, 0.3) is 5.91 Å². The second kappa shape index (κ2) is 4.94. The van der Waals surface area contributed by atoms with Crippen molar-refractivity contribution in [1.29, 1.82) is 0 Å². The lowest BCUT2D eigenvalue weighted by Gasteiger charge is -2.21. The molecule has 0 unspecified atom stereocenters. The van der Waals surface area contributed by atoms with Crippen molar-refractivity contribution in [2.75, 3.05) is 0 Å². The largest absolute Gasteiger partial charge is 0.322 e. The highest BCUT2D eigenvalue weighted by atomic mass is 16.2. The Morgan fingerprint density at radius 2 is 1.96 bits per heavy atom. The molecule has 1 aromatic heterocycles. The Kier molecular flexibility index (Phi) is 3.01. The second-order valence-corrected chi connectivity index (χ2v) is 6.51. The van der Waals surface area contributed by atoms with Gasteiger partial charge in [-0.25, -0.2) is 4.79 Å². The fraction of sp³-hybridized carbons (Fsp3) is 0.353. The molecule has 2 aromatic rings. The van der Waals surface area contributed by atoms with E-state index in [-0.39, 0.29) is 5.91 Å². The number of nitrogens with zero attached hydrogens (tertiary/aromatic N) is 2. The molecule has 0 radical (unpaired) electrons. The highest BCUT2D eigenvalue weighted by molar-refractivity contribution is 6.07. The lowest BCUT2D eigenvalue weighted by atomic mass is 9.91. The zero-order valence-electron chi connectivity index (χ0n) is 12.9. The summed E-state index contributed by atoms with van der Waals surface area (Å²) in [6, 6.07) is 7.20. The van der Waals surface area contributed by atoms with Gasteiger partial charge in [-0.15, -0.1) is 0 Å². The average molecular weight is 310 g/mol. The zero-order chi connectivity index (χ0) is 16.0. The first-order chi connectivity index (χ1) is 11.0. The number of amides is 3. The summed E-state index contributed by atoms with van der Waals surface area (Å²) in [5, 5.41) is 9.35. The van der Waals surface area contributed by atoms with Crippen LogP contribution in [0.25, 0.3) is 11.1 Å². The SMILES string of the molecule is C[C@@]1(c2ccc(-c3cnn(CC4CC4)c3)cc2)NC(=O)NC1=O. The molecule has 1 atom stereocenters. The first-order valence-electron chi connectivity index (χ1n) is 7.81. The fourth-order valence-corrected chi connectivity index (χ4v) is 2.92. The van der Waals surface area contributed by atoms with Crippen LogP contribution in [0.3, 0.4) is 0 Å². The Morgan fingerprint density at radius 3 is 2.57 bits per heavy atom. The van der Waals surface area contributed by atoms with E-state index < -0.39 is 11.6 Å². The van der Waals surface area contributed by atoms with Crippen molar-refractivity contribution in [3.05, 3.63) is 42.2 Å². The maximum atomic E-state index is 12.0. The number of rotatable bonds is 4. The molecule has 2 fully saturated rings. The molecule has 2 aliphatic rings. The van der Waals surface area contributed by atoms with Gasteiger partial charge in [-0.3, -0.25) is 14.8 Å². The third-order valence-electron chi connectivity index (χ3n) is 4.62. The number of carbonyl (C=O) groups is 2. The van der Waals surface area contributed by atoms with Crippen LogP contribution < -0.4 is 10.6 Å². The van der Waals surface area contributed by atoms with E-state index in [0.29, 0.717) is 0 Å². The molecule has 6 heteroatoms. The van der Waals surface area contributed by atoms with E-state index in [1.54, 1.807) is 6.92 Å². The van der Waals surface area contributed by atoms with Gasteiger partial charge in [-0.2, -0.15) is 5.10 Å². The van der Waals surface area contributed by atoms with Gasteiger partial charge in [0.1, 0.15) is 5.54 Å². The van der Waals surface area contributed by atoms with Crippen LogP contribution in [-0.2, 0) is 16.9 Å². The highest BCUT2D eigenvalue weighted by Crippen LogP contribution is 2.31. The maximum Gasteiger partial charge on any atom is 0.322 e. The topological polar surface area (TPSA) is 76.0 Å². The standard InChI is InChI=1S/C17H18N4O2/c1-17(15(22)19-16(23)20-17)14-6-4-12(5-7-14)13-8-18-21(10-13)9-11-2-3-11/h4-8,10-11H,2-3,9H2,1H3,(H2,19,20,22,23)/t17-/m0/s1. The lowest BCUT2D eigenvalue weighted by molar-refractivity contribution is -0.123. The molecule has 1 aliphatic carbocycles. The molecule has 1 saturated carbocycles. The van der Waals surface area contributed by atoms with Crippen LogP contribution in [0.4, 0.5) is 4.79 Å². The summed E-state index contributed by atoms with van der Waals surface area (Å²) in [4.78, 5) is 23.3. The monoisotopic (exact) mass is 310 g/mol. The summed E-state index contributed by atoms with van der Waals surface area (Å²) < 4.78 is 1.99. The predicted octanol–water partition coefficient (Wildman–Crippen LogP) is 2.01. The van der Waals surface area contributed by atoms with Crippen LogP contribution in [0, 0.1) is 5.92 Å². The Balaban J connectivity index is 1.57. The Morgan fingerprint density at radius 1 is 1.22 bits per heavy atom. The molecule has 1 aromatic carbocycles. The van der Waals surface area contributed by atoms with Crippen LogP contribution >= 0.6 is 0 Å². The van der Waals surface area contributed by atoms with E-state index >= 15 is 0 Å². The van der Waals surface area contributed by atoms with Crippen molar-refractivity contribution >= 4 is 11.9 Å². The molecule has 6 nitrogen and oxygen atoms in total. The van der Waals surface area contributed by atoms with Gasteiger partial charge in [0.2, 0.25) is 0 Å². The van der Waals surface area contributed by atoms with E-state index in [2.05, 4.69) is 21.9 Å². The van der Waals surface area contributed by atoms with Gasteiger partial charge < -0.3 is 5.32 Å². The molecule has 2 heterocycles. The first-order valence-corrected chi connectivity index (χ1v) is 7.81. The highest BCUT2D eigenvalue weighted by Gasteiger charge is 2.43. The average Bonchev–Trinajstić information content (AvgIpc) is 3.14. The number of urea groups is 1. The molecular formula is C17H18N4O2. The van der Waals surface area contributed by atoms with E-state index in [1.807, 2.05) is 35.1 Å². The molecule has 23 heavy (non-hydrogen) atoms. The van der Waals surface area contributed by atoms with Crippen LogP contribution in [0.2, 0.25) is 0 Å². The van der Waals surface area contributed by atoms with Crippen LogP contribution in [0.15, 0.2) is 36.7 Å². The molecule has 1 aliphatic heterocycles. The van der Waals surface area contributed by atoms with Gasteiger partial charge in [0.05, 0.1) is 6.20 Å². The minimum Gasteiger partial charge on any atom is -0.320 e. The molecule has 118 valence electrons. The summed E-state index contributed by atoms with van der Waals surface area (Å²) >= 11 is 0. The number of benzene rings is 1. The Bertz CT molecular complexity index is 776. The van der Waals surface area contributed by atoms with E-state index in [4.69, 9.17) is 0 Å². The molecule has 0 spiro atoms. The van der Waals surface area contributed by atoms with E-state index in [9.17, 15) is 9.59 Å². The van der Waals surface area contributed by atoms with Crippen LogP contribution in [-0.4, -0.2) is 21.7 Å². The van der Waals surface area contributed by atoms with Crippen molar-refractivity contribution in [1.82, 2.24) is 20.4 Å². The quantitative estimate of drug-likeness (QED) is 0.848. The number of aromatic nitrogens is 2. The number of nitrogens with one attached hydrogen (secondary N) is 2. The predicted molar refractivity (Wildman–Crippen MR) is 84.4 cm³/mol. The zero-order valence-corrected chi connectivity index (χ0v) is 12.9. The number of hydrogen-bond acceptors (Lipinski definition) is 3. The van der Waals surface area contributed by atoms with Gasteiger partial charge in [-0.05, 0) is 36.8 Å². The van der Waals surface area contributed by atoms with Gasteiger partial charge in [0, 0.05) is 18.3 Å². The minimum atomic E-state index is -1.01. The van der Waals surface area contributed by atoms with Gasteiger partial charge in [0.15, 0.2) is 0 Å². The minimum absolute atomic E-state index is 0.326. The van der Waals surface area contributed by atoms with Gasteiger partial charge >= 0.3 is 6.03 Å². The van der Waals surface area contributed by atoms with Crippen molar-refractivity contribution in [2.24, 2.45) is 5.92 Å². The number of imide groups is 1. The fourth-order valence-electron chi connectivity index (χ4n) is 2.92. The molecule has 0 bridgehead atoms. The van der Waals surface area contributed by atoms with Crippen LogP contribution in [0.1, 0.15) is 25.3 Å². The third kappa shape index (κ3) is 2.50. The van der Waals surface area contributed by atoms with Crippen molar-refractivity contribution in [2.45, 2.75) is 31.8 Å². The Hall–Kier alpha value is -2.63. The van der Waals surface area contributed by atoms with Crippen molar-refractivity contribution in [3.8, 4) is 11.1 Å². The van der Waals surface area contributed by atoms with Crippen molar-refractivity contribution < 1.29 is 9.59 Å². The molecule has 1 saturated heterocycles. The Labute approximate surface area is 133 Å². The maximum absolute atomic E-state index is 12.0.